The molecule has 3 rings (SSSR count). The molecule has 1 aliphatic heterocycles. The zero-order chi connectivity index (χ0) is 14.7. The molecule has 1 aromatic rings. The number of nitrogens with zero attached hydrogens (tertiary/aromatic N) is 1. The summed E-state index contributed by atoms with van der Waals surface area (Å²) in [7, 11) is 0. The van der Waals surface area contributed by atoms with E-state index < -0.39 is 0 Å². The molecule has 0 unspecified atom stereocenters. The van der Waals surface area contributed by atoms with Gasteiger partial charge in [-0.05, 0) is 24.5 Å². The molecule has 1 saturated heterocycles. The number of nitrogens with one attached hydrogen (secondary N) is 1. The largest absolute Gasteiger partial charge is 0.483 e. The van der Waals surface area contributed by atoms with Crippen LogP contribution >= 0.6 is 0 Å². The third kappa shape index (κ3) is 3.92. The molecule has 1 aromatic carbocycles. The Morgan fingerprint density at radius 2 is 2.05 bits per heavy atom. The SMILES string of the molecule is O=[N+]([O-])c1cc(CNC2CC2)ccc1OC1CCOCC1. The van der Waals surface area contributed by atoms with Crippen LogP contribution in [0.25, 0.3) is 0 Å². The third-order valence-corrected chi connectivity index (χ3v) is 3.85. The van der Waals surface area contributed by atoms with Gasteiger partial charge >= 0.3 is 5.69 Å². The van der Waals surface area contributed by atoms with E-state index in [0.29, 0.717) is 31.5 Å². The Hall–Kier alpha value is -1.66. The molecule has 6 nitrogen and oxygen atoms in total. The van der Waals surface area contributed by atoms with E-state index in [2.05, 4.69) is 5.32 Å². The minimum absolute atomic E-state index is 0.00730. The zero-order valence-electron chi connectivity index (χ0n) is 11.9. The summed E-state index contributed by atoms with van der Waals surface area (Å²) in [6.07, 6.45) is 3.97. The lowest BCUT2D eigenvalue weighted by Gasteiger charge is -2.23. The highest BCUT2D eigenvalue weighted by molar-refractivity contribution is 5.48. The van der Waals surface area contributed by atoms with Crippen molar-refractivity contribution in [1.29, 1.82) is 0 Å². The van der Waals surface area contributed by atoms with E-state index in [1.165, 1.54) is 12.8 Å². The maximum absolute atomic E-state index is 11.2. The number of benzene rings is 1. The predicted molar refractivity (Wildman–Crippen MR) is 77.4 cm³/mol. The highest BCUT2D eigenvalue weighted by Gasteiger charge is 2.23. The normalized spacial score (nSPS) is 19.4. The first-order valence-corrected chi connectivity index (χ1v) is 7.47. The standard InChI is InChI=1S/C15H20N2O4/c18-17(19)14-9-11(10-16-12-2-3-12)1-4-15(14)21-13-5-7-20-8-6-13/h1,4,9,12-13,16H,2-3,5-8,10H2. The Bertz CT molecular complexity index is 510. The van der Waals surface area contributed by atoms with Gasteiger partial charge in [-0.1, -0.05) is 6.07 Å². The van der Waals surface area contributed by atoms with Gasteiger partial charge in [0.1, 0.15) is 6.10 Å². The second-order valence-electron chi connectivity index (χ2n) is 5.64. The van der Waals surface area contributed by atoms with Crippen LogP contribution in [0, 0.1) is 10.1 Å². The van der Waals surface area contributed by atoms with Crippen LogP contribution in [0.3, 0.4) is 0 Å². The van der Waals surface area contributed by atoms with Crippen molar-refractivity contribution in [2.45, 2.75) is 44.4 Å². The van der Waals surface area contributed by atoms with Gasteiger partial charge in [-0.15, -0.1) is 0 Å². The van der Waals surface area contributed by atoms with Gasteiger partial charge in [-0.25, -0.2) is 0 Å². The summed E-state index contributed by atoms with van der Waals surface area (Å²) in [6, 6.07) is 5.82. The summed E-state index contributed by atoms with van der Waals surface area (Å²) >= 11 is 0. The summed E-state index contributed by atoms with van der Waals surface area (Å²) in [5, 5.41) is 14.6. The lowest BCUT2D eigenvalue weighted by molar-refractivity contribution is -0.386. The second kappa shape index (κ2) is 6.41. The number of nitro groups is 1. The molecule has 114 valence electrons. The molecule has 0 bridgehead atoms. The van der Waals surface area contributed by atoms with Crippen molar-refractivity contribution in [3.63, 3.8) is 0 Å². The fourth-order valence-corrected chi connectivity index (χ4v) is 2.44. The first-order chi connectivity index (χ1) is 10.2. The van der Waals surface area contributed by atoms with Gasteiger partial charge < -0.3 is 14.8 Å². The zero-order valence-corrected chi connectivity index (χ0v) is 11.9. The van der Waals surface area contributed by atoms with Gasteiger partial charge in [-0.3, -0.25) is 10.1 Å². The third-order valence-electron chi connectivity index (χ3n) is 3.85. The topological polar surface area (TPSA) is 73.6 Å². The van der Waals surface area contributed by atoms with Gasteiger partial charge in [0, 0.05) is 31.5 Å². The molecule has 2 fully saturated rings. The van der Waals surface area contributed by atoms with Crippen LogP contribution < -0.4 is 10.1 Å². The van der Waals surface area contributed by atoms with Crippen LogP contribution in [0.2, 0.25) is 0 Å². The van der Waals surface area contributed by atoms with Crippen molar-refractivity contribution in [3.05, 3.63) is 33.9 Å². The van der Waals surface area contributed by atoms with E-state index in [1.54, 1.807) is 12.1 Å². The number of hydrogen-bond donors (Lipinski definition) is 1. The summed E-state index contributed by atoms with van der Waals surface area (Å²) < 4.78 is 11.1. The van der Waals surface area contributed by atoms with Crippen molar-refractivity contribution >= 4 is 5.69 Å². The molecular formula is C15H20N2O4. The molecule has 0 aromatic heterocycles. The van der Waals surface area contributed by atoms with Gasteiger partial charge in [0.05, 0.1) is 18.1 Å². The maximum Gasteiger partial charge on any atom is 0.311 e. The molecule has 1 aliphatic carbocycles. The average Bonchev–Trinajstić information content (AvgIpc) is 3.31. The predicted octanol–water partition coefficient (Wildman–Crippen LogP) is 2.40. The van der Waals surface area contributed by atoms with Crippen LogP contribution in [-0.2, 0) is 11.3 Å². The smallest absolute Gasteiger partial charge is 0.311 e. The van der Waals surface area contributed by atoms with Crippen LogP contribution in [0.4, 0.5) is 5.69 Å². The van der Waals surface area contributed by atoms with Crippen LogP contribution in [0.15, 0.2) is 18.2 Å². The van der Waals surface area contributed by atoms with Crippen LogP contribution in [0.5, 0.6) is 5.75 Å². The fraction of sp³-hybridized carbons (Fsp3) is 0.600. The van der Waals surface area contributed by atoms with Crippen molar-refractivity contribution in [2.75, 3.05) is 13.2 Å². The molecule has 0 amide bonds. The van der Waals surface area contributed by atoms with Gasteiger partial charge in [0.2, 0.25) is 0 Å². The molecule has 0 radical (unpaired) electrons. The minimum Gasteiger partial charge on any atom is -0.483 e. The minimum atomic E-state index is -0.366. The summed E-state index contributed by atoms with van der Waals surface area (Å²) in [5.74, 6) is 0.363. The van der Waals surface area contributed by atoms with E-state index in [-0.39, 0.29) is 16.7 Å². The molecular weight excluding hydrogens is 272 g/mol. The Kier molecular flexibility index (Phi) is 4.36. The van der Waals surface area contributed by atoms with Gasteiger partial charge in [0.25, 0.3) is 0 Å². The average molecular weight is 292 g/mol. The summed E-state index contributed by atoms with van der Waals surface area (Å²) in [4.78, 5) is 10.9. The molecule has 1 heterocycles. The first kappa shape index (κ1) is 14.3. The fourth-order valence-electron chi connectivity index (χ4n) is 2.44. The second-order valence-corrected chi connectivity index (χ2v) is 5.64. The highest BCUT2D eigenvalue weighted by atomic mass is 16.6. The van der Waals surface area contributed by atoms with Crippen molar-refractivity contribution < 1.29 is 14.4 Å². The van der Waals surface area contributed by atoms with Gasteiger partial charge in [0.15, 0.2) is 5.75 Å². The Balaban J connectivity index is 1.70. The van der Waals surface area contributed by atoms with E-state index >= 15 is 0 Å². The monoisotopic (exact) mass is 292 g/mol. The Morgan fingerprint density at radius 1 is 1.29 bits per heavy atom. The molecule has 0 spiro atoms. The number of rotatable bonds is 6. The van der Waals surface area contributed by atoms with Crippen molar-refractivity contribution in [3.8, 4) is 5.75 Å². The van der Waals surface area contributed by atoms with Crippen molar-refractivity contribution in [2.24, 2.45) is 0 Å². The number of nitro benzene ring substituents is 1. The molecule has 21 heavy (non-hydrogen) atoms. The molecule has 0 atom stereocenters. The number of hydrogen-bond acceptors (Lipinski definition) is 5. The number of ether oxygens (including phenoxy) is 2. The molecule has 1 N–H and O–H groups in total. The lowest BCUT2D eigenvalue weighted by atomic mass is 10.1. The molecule has 6 heteroatoms. The Labute approximate surface area is 123 Å². The van der Waals surface area contributed by atoms with E-state index in [1.807, 2.05) is 6.07 Å². The van der Waals surface area contributed by atoms with E-state index in [0.717, 1.165) is 18.4 Å². The van der Waals surface area contributed by atoms with Gasteiger partial charge in [-0.2, -0.15) is 0 Å². The summed E-state index contributed by atoms with van der Waals surface area (Å²) in [6.45, 7) is 1.98. The Morgan fingerprint density at radius 3 is 2.71 bits per heavy atom. The first-order valence-electron chi connectivity index (χ1n) is 7.47. The molecule has 2 aliphatic rings. The van der Waals surface area contributed by atoms with Crippen LogP contribution in [-0.4, -0.2) is 30.3 Å². The maximum atomic E-state index is 11.2. The van der Waals surface area contributed by atoms with Crippen molar-refractivity contribution in [1.82, 2.24) is 5.32 Å². The lowest BCUT2D eigenvalue weighted by Crippen LogP contribution is -2.26. The quantitative estimate of drug-likeness (QED) is 0.644. The highest BCUT2D eigenvalue weighted by Crippen LogP contribution is 2.30. The van der Waals surface area contributed by atoms with E-state index in [4.69, 9.17) is 9.47 Å². The molecule has 1 saturated carbocycles. The van der Waals surface area contributed by atoms with Crippen LogP contribution in [0.1, 0.15) is 31.2 Å². The summed E-state index contributed by atoms with van der Waals surface area (Å²) in [5.41, 5.74) is 0.976. The van der Waals surface area contributed by atoms with E-state index in [9.17, 15) is 10.1 Å².